The zero-order valence-electron chi connectivity index (χ0n) is 10.1. The van der Waals surface area contributed by atoms with E-state index in [4.69, 9.17) is 0 Å². The molecule has 0 spiro atoms. The summed E-state index contributed by atoms with van der Waals surface area (Å²) in [6.45, 7) is 4.00. The van der Waals surface area contributed by atoms with Gasteiger partial charge in [0.1, 0.15) is 0 Å². The van der Waals surface area contributed by atoms with Crippen LogP contribution in [0.3, 0.4) is 0 Å². The van der Waals surface area contributed by atoms with Gasteiger partial charge in [-0.05, 0) is 31.8 Å². The van der Waals surface area contributed by atoms with E-state index >= 15 is 0 Å². The van der Waals surface area contributed by atoms with Crippen LogP contribution in [0.2, 0.25) is 0 Å². The number of carbonyl (C=O) groups excluding carboxylic acids is 1. The molecule has 1 heterocycles. The summed E-state index contributed by atoms with van der Waals surface area (Å²) in [5.74, 6) is 0.0642. The van der Waals surface area contributed by atoms with Crippen LogP contribution in [0, 0.1) is 0 Å². The van der Waals surface area contributed by atoms with Crippen molar-refractivity contribution in [1.29, 1.82) is 0 Å². The number of hydrogen-bond acceptors (Lipinski definition) is 3. The van der Waals surface area contributed by atoms with Crippen molar-refractivity contribution in [3.63, 3.8) is 0 Å². The number of likely N-dealkylation sites (N-methyl/N-ethyl adjacent to an activating group) is 1. The van der Waals surface area contributed by atoms with Gasteiger partial charge in [-0.2, -0.15) is 0 Å². The summed E-state index contributed by atoms with van der Waals surface area (Å²) < 4.78 is 0. The number of rotatable bonds is 6. The Morgan fingerprint density at radius 2 is 2.31 bits per heavy atom. The van der Waals surface area contributed by atoms with E-state index in [1.54, 1.807) is 18.4 Å². The van der Waals surface area contributed by atoms with E-state index in [2.05, 4.69) is 23.6 Å². The Kier molecular flexibility index (Phi) is 5.49. The first-order chi connectivity index (χ1) is 7.69. The Morgan fingerprint density at radius 1 is 1.56 bits per heavy atom. The zero-order valence-corrected chi connectivity index (χ0v) is 10.9. The van der Waals surface area contributed by atoms with E-state index < -0.39 is 0 Å². The Labute approximate surface area is 101 Å². The maximum absolute atomic E-state index is 11.8. The lowest BCUT2D eigenvalue weighted by Gasteiger charge is -2.19. The second-order valence-corrected chi connectivity index (χ2v) is 4.85. The van der Waals surface area contributed by atoms with Crippen LogP contribution < -0.4 is 10.6 Å². The van der Waals surface area contributed by atoms with Crippen LogP contribution in [0.15, 0.2) is 17.5 Å². The van der Waals surface area contributed by atoms with Crippen molar-refractivity contribution in [2.45, 2.75) is 38.8 Å². The summed E-state index contributed by atoms with van der Waals surface area (Å²) >= 11 is 1.70. The van der Waals surface area contributed by atoms with Crippen LogP contribution in [-0.2, 0) is 4.79 Å². The van der Waals surface area contributed by atoms with Crippen LogP contribution in [-0.4, -0.2) is 19.0 Å². The Bertz CT molecular complexity index is 311. The van der Waals surface area contributed by atoms with Gasteiger partial charge in [0.15, 0.2) is 0 Å². The normalized spacial score (nSPS) is 14.4. The van der Waals surface area contributed by atoms with Crippen molar-refractivity contribution in [2.24, 2.45) is 0 Å². The number of thiophene rings is 1. The van der Waals surface area contributed by atoms with Gasteiger partial charge in [-0.1, -0.05) is 19.4 Å². The molecule has 1 amide bonds. The molecule has 0 bridgehead atoms. The van der Waals surface area contributed by atoms with Crippen LogP contribution in [0.4, 0.5) is 0 Å². The maximum Gasteiger partial charge on any atom is 0.237 e. The second kappa shape index (κ2) is 6.66. The summed E-state index contributed by atoms with van der Waals surface area (Å²) in [6, 6.07) is 4.12. The molecule has 1 aromatic rings. The molecule has 0 aliphatic rings. The van der Waals surface area contributed by atoms with Gasteiger partial charge in [-0.15, -0.1) is 11.3 Å². The van der Waals surface area contributed by atoms with Gasteiger partial charge in [0, 0.05) is 4.88 Å². The first kappa shape index (κ1) is 13.2. The molecule has 2 N–H and O–H groups in total. The summed E-state index contributed by atoms with van der Waals surface area (Å²) in [6.07, 6.45) is 2.06. The summed E-state index contributed by atoms with van der Waals surface area (Å²) in [5, 5.41) is 8.08. The quantitative estimate of drug-likeness (QED) is 0.801. The van der Waals surface area contributed by atoms with Gasteiger partial charge in [0.2, 0.25) is 5.91 Å². The molecule has 0 saturated carbocycles. The van der Waals surface area contributed by atoms with E-state index in [0.29, 0.717) is 0 Å². The zero-order chi connectivity index (χ0) is 12.0. The second-order valence-electron chi connectivity index (χ2n) is 3.88. The van der Waals surface area contributed by atoms with Gasteiger partial charge in [-0.3, -0.25) is 4.79 Å². The van der Waals surface area contributed by atoms with Crippen LogP contribution in [0.1, 0.15) is 37.6 Å². The minimum atomic E-state index is -0.140. The molecular formula is C12H20N2OS. The summed E-state index contributed by atoms with van der Waals surface area (Å²) in [5.41, 5.74) is 0. The van der Waals surface area contributed by atoms with Crippen molar-refractivity contribution in [3.8, 4) is 0 Å². The molecule has 16 heavy (non-hydrogen) atoms. The molecule has 0 saturated heterocycles. The van der Waals surface area contributed by atoms with Crippen molar-refractivity contribution >= 4 is 17.2 Å². The standard InChI is InChI=1S/C12H20N2OS/c1-4-6-10(11-7-5-8-16-11)14-12(15)9(2)13-3/h5,7-10,13H,4,6H2,1-3H3,(H,14,15). The molecule has 1 aromatic heterocycles. The SMILES string of the molecule is CCCC(NC(=O)C(C)NC)c1cccs1. The number of carbonyl (C=O) groups is 1. The minimum Gasteiger partial charge on any atom is -0.347 e. The molecule has 90 valence electrons. The highest BCUT2D eigenvalue weighted by atomic mass is 32.1. The lowest BCUT2D eigenvalue weighted by atomic mass is 10.1. The Balaban J connectivity index is 2.62. The molecular weight excluding hydrogens is 220 g/mol. The Hall–Kier alpha value is -0.870. The van der Waals surface area contributed by atoms with Crippen molar-refractivity contribution in [2.75, 3.05) is 7.05 Å². The lowest BCUT2D eigenvalue weighted by Crippen LogP contribution is -2.41. The third-order valence-electron chi connectivity index (χ3n) is 2.61. The lowest BCUT2D eigenvalue weighted by molar-refractivity contribution is -0.123. The molecule has 1 rings (SSSR count). The molecule has 0 fully saturated rings. The first-order valence-electron chi connectivity index (χ1n) is 5.70. The van der Waals surface area contributed by atoms with Crippen molar-refractivity contribution in [3.05, 3.63) is 22.4 Å². The average Bonchev–Trinajstić information content (AvgIpc) is 2.80. The molecule has 2 unspecified atom stereocenters. The topological polar surface area (TPSA) is 41.1 Å². The van der Waals surface area contributed by atoms with Crippen molar-refractivity contribution < 1.29 is 4.79 Å². The minimum absolute atomic E-state index is 0.0642. The predicted molar refractivity (Wildman–Crippen MR) is 68.6 cm³/mol. The molecule has 0 radical (unpaired) electrons. The van der Waals surface area contributed by atoms with E-state index in [-0.39, 0.29) is 18.0 Å². The van der Waals surface area contributed by atoms with Crippen LogP contribution >= 0.6 is 11.3 Å². The molecule has 0 aromatic carbocycles. The fraction of sp³-hybridized carbons (Fsp3) is 0.583. The first-order valence-corrected chi connectivity index (χ1v) is 6.58. The van der Waals surface area contributed by atoms with E-state index in [0.717, 1.165) is 12.8 Å². The van der Waals surface area contributed by atoms with Gasteiger partial charge >= 0.3 is 0 Å². The molecule has 4 heteroatoms. The summed E-state index contributed by atoms with van der Waals surface area (Å²) in [7, 11) is 1.80. The van der Waals surface area contributed by atoms with E-state index in [1.807, 2.05) is 18.4 Å². The van der Waals surface area contributed by atoms with Gasteiger partial charge in [-0.25, -0.2) is 0 Å². The van der Waals surface area contributed by atoms with Gasteiger partial charge in [0.25, 0.3) is 0 Å². The number of amides is 1. The van der Waals surface area contributed by atoms with Gasteiger partial charge < -0.3 is 10.6 Å². The predicted octanol–water partition coefficient (Wildman–Crippen LogP) is 2.31. The number of hydrogen-bond donors (Lipinski definition) is 2. The third-order valence-corrected chi connectivity index (χ3v) is 3.59. The largest absolute Gasteiger partial charge is 0.347 e. The summed E-state index contributed by atoms with van der Waals surface area (Å²) in [4.78, 5) is 13.0. The van der Waals surface area contributed by atoms with Crippen molar-refractivity contribution in [1.82, 2.24) is 10.6 Å². The molecule has 0 aliphatic heterocycles. The monoisotopic (exact) mass is 240 g/mol. The molecule has 0 aliphatic carbocycles. The highest BCUT2D eigenvalue weighted by Crippen LogP contribution is 2.23. The van der Waals surface area contributed by atoms with E-state index in [1.165, 1.54) is 4.88 Å². The van der Waals surface area contributed by atoms with Crippen LogP contribution in [0.25, 0.3) is 0 Å². The molecule has 3 nitrogen and oxygen atoms in total. The van der Waals surface area contributed by atoms with Gasteiger partial charge in [0.05, 0.1) is 12.1 Å². The smallest absolute Gasteiger partial charge is 0.237 e. The average molecular weight is 240 g/mol. The maximum atomic E-state index is 11.8. The fourth-order valence-electron chi connectivity index (χ4n) is 1.49. The number of nitrogens with one attached hydrogen (secondary N) is 2. The fourth-order valence-corrected chi connectivity index (χ4v) is 2.30. The third kappa shape index (κ3) is 3.61. The highest BCUT2D eigenvalue weighted by molar-refractivity contribution is 7.10. The van der Waals surface area contributed by atoms with E-state index in [9.17, 15) is 4.79 Å². The highest BCUT2D eigenvalue weighted by Gasteiger charge is 2.17. The van der Waals surface area contributed by atoms with Crippen LogP contribution in [0.5, 0.6) is 0 Å². The molecule has 2 atom stereocenters. The Morgan fingerprint density at radius 3 is 2.81 bits per heavy atom.